The Labute approximate surface area is 149 Å². The maximum Gasteiger partial charge on any atom is 0.267 e. The summed E-state index contributed by atoms with van der Waals surface area (Å²) in [4.78, 5) is 33.6. The molecule has 3 heterocycles. The van der Waals surface area contributed by atoms with Crippen molar-refractivity contribution in [2.45, 2.75) is 12.8 Å². The third kappa shape index (κ3) is 4.40. The lowest BCUT2D eigenvalue weighted by atomic mass is 10.3. The van der Waals surface area contributed by atoms with E-state index in [1.165, 1.54) is 22.7 Å². The number of carbonyl (C=O) groups excluding carboxylic acids is 2. The van der Waals surface area contributed by atoms with Crippen molar-refractivity contribution in [1.29, 1.82) is 0 Å². The van der Waals surface area contributed by atoms with E-state index in [0.717, 1.165) is 32.6 Å². The molecule has 0 unspecified atom stereocenters. The molecule has 1 aliphatic heterocycles. The molecular formula is C16H20N4O2S2. The molecule has 128 valence electrons. The molecule has 1 aliphatic rings. The lowest BCUT2D eigenvalue weighted by molar-refractivity contribution is -0.130. The van der Waals surface area contributed by atoms with Gasteiger partial charge in [0.15, 0.2) is 5.13 Å². The highest BCUT2D eigenvalue weighted by molar-refractivity contribution is 7.14. The average molecular weight is 364 g/mol. The summed E-state index contributed by atoms with van der Waals surface area (Å²) >= 11 is 2.74. The zero-order valence-electron chi connectivity index (χ0n) is 13.5. The molecule has 2 aromatic heterocycles. The first-order valence-corrected chi connectivity index (χ1v) is 9.63. The SMILES string of the molecule is CN1CCCN(C(=O)Cc2csc(NC(=O)c3cccs3)n2)CC1. The predicted molar refractivity (Wildman–Crippen MR) is 96.8 cm³/mol. The topological polar surface area (TPSA) is 65.5 Å². The van der Waals surface area contributed by atoms with Gasteiger partial charge in [-0.15, -0.1) is 22.7 Å². The summed E-state index contributed by atoms with van der Waals surface area (Å²) < 4.78 is 0. The van der Waals surface area contributed by atoms with Crippen LogP contribution in [-0.4, -0.2) is 59.8 Å². The molecule has 0 aromatic carbocycles. The van der Waals surface area contributed by atoms with Gasteiger partial charge >= 0.3 is 0 Å². The molecule has 1 saturated heterocycles. The van der Waals surface area contributed by atoms with Gasteiger partial charge in [0.2, 0.25) is 5.91 Å². The second-order valence-electron chi connectivity index (χ2n) is 5.79. The van der Waals surface area contributed by atoms with Crippen LogP contribution in [0.3, 0.4) is 0 Å². The number of nitrogens with zero attached hydrogens (tertiary/aromatic N) is 3. The Kier molecular flexibility index (Phi) is 5.60. The van der Waals surface area contributed by atoms with Crippen LogP contribution in [0.4, 0.5) is 5.13 Å². The molecule has 0 spiro atoms. The van der Waals surface area contributed by atoms with E-state index >= 15 is 0 Å². The number of aromatic nitrogens is 1. The van der Waals surface area contributed by atoms with Crippen molar-refractivity contribution in [2.75, 3.05) is 38.5 Å². The van der Waals surface area contributed by atoms with Gasteiger partial charge in [-0.2, -0.15) is 0 Å². The highest BCUT2D eigenvalue weighted by atomic mass is 32.1. The minimum absolute atomic E-state index is 0.103. The smallest absolute Gasteiger partial charge is 0.267 e. The van der Waals surface area contributed by atoms with Crippen LogP contribution in [0, 0.1) is 0 Å². The predicted octanol–water partition coefficient (Wildman–Crippen LogP) is 2.16. The Hall–Kier alpha value is -1.77. The molecule has 2 aromatic rings. The molecular weight excluding hydrogens is 344 g/mol. The molecule has 2 amide bonds. The first kappa shape index (κ1) is 17.1. The summed E-state index contributed by atoms with van der Waals surface area (Å²) in [6.45, 7) is 3.50. The fraction of sp³-hybridized carbons (Fsp3) is 0.438. The Morgan fingerprint density at radius 1 is 1.25 bits per heavy atom. The normalized spacial score (nSPS) is 16.0. The molecule has 1 fully saturated rings. The van der Waals surface area contributed by atoms with E-state index in [1.807, 2.05) is 21.7 Å². The van der Waals surface area contributed by atoms with Crippen molar-refractivity contribution in [3.05, 3.63) is 33.5 Å². The quantitative estimate of drug-likeness (QED) is 0.903. The number of hydrogen-bond donors (Lipinski definition) is 1. The molecule has 0 atom stereocenters. The van der Waals surface area contributed by atoms with Crippen LogP contribution in [0.2, 0.25) is 0 Å². The second-order valence-corrected chi connectivity index (χ2v) is 7.60. The fourth-order valence-electron chi connectivity index (χ4n) is 2.57. The van der Waals surface area contributed by atoms with E-state index < -0.39 is 0 Å². The number of carbonyl (C=O) groups is 2. The number of thiophene rings is 1. The number of rotatable bonds is 4. The van der Waals surface area contributed by atoms with Gasteiger partial charge < -0.3 is 9.80 Å². The Balaban J connectivity index is 1.55. The Bertz CT molecular complexity index is 699. The van der Waals surface area contributed by atoms with Gasteiger partial charge in [-0.1, -0.05) is 6.07 Å². The van der Waals surface area contributed by atoms with Crippen LogP contribution in [-0.2, 0) is 11.2 Å². The minimum atomic E-state index is -0.159. The summed E-state index contributed by atoms with van der Waals surface area (Å²) in [6, 6.07) is 3.61. The maximum atomic E-state index is 12.4. The summed E-state index contributed by atoms with van der Waals surface area (Å²) in [7, 11) is 2.08. The van der Waals surface area contributed by atoms with Crippen LogP contribution in [0.15, 0.2) is 22.9 Å². The van der Waals surface area contributed by atoms with Crippen molar-refractivity contribution in [3.8, 4) is 0 Å². The van der Waals surface area contributed by atoms with Crippen LogP contribution >= 0.6 is 22.7 Å². The van der Waals surface area contributed by atoms with Crippen LogP contribution < -0.4 is 5.32 Å². The first-order valence-electron chi connectivity index (χ1n) is 7.87. The monoisotopic (exact) mass is 364 g/mol. The van der Waals surface area contributed by atoms with E-state index in [2.05, 4.69) is 22.2 Å². The molecule has 24 heavy (non-hydrogen) atoms. The lowest BCUT2D eigenvalue weighted by Gasteiger charge is -2.20. The van der Waals surface area contributed by atoms with Gasteiger partial charge in [0.05, 0.1) is 17.0 Å². The van der Waals surface area contributed by atoms with Crippen molar-refractivity contribution in [2.24, 2.45) is 0 Å². The van der Waals surface area contributed by atoms with Crippen molar-refractivity contribution in [1.82, 2.24) is 14.8 Å². The minimum Gasteiger partial charge on any atom is -0.341 e. The van der Waals surface area contributed by atoms with Crippen molar-refractivity contribution >= 4 is 39.6 Å². The summed E-state index contributed by atoms with van der Waals surface area (Å²) in [5, 5.41) is 7.01. The molecule has 6 nitrogen and oxygen atoms in total. The zero-order chi connectivity index (χ0) is 16.9. The Morgan fingerprint density at radius 2 is 2.12 bits per heavy atom. The third-order valence-corrected chi connectivity index (χ3v) is 5.60. The number of thiazole rings is 1. The molecule has 0 aliphatic carbocycles. The summed E-state index contributed by atoms with van der Waals surface area (Å²) in [6.07, 6.45) is 1.29. The number of likely N-dealkylation sites (N-methyl/N-ethyl adjacent to an activating group) is 1. The maximum absolute atomic E-state index is 12.4. The van der Waals surface area contributed by atoms with Crippen LogP contribution in [0.25, 0.3) is 0 Å². The van der Waals surface area contributed by atoms with E-state index in [0.29, 0.717) is 15.7 Å². The molecule has 0 bridgehead atoms. The van der Waals surface area contributed by atoms with Crippen molar-refractivity contribution < 1.29 is 9.59 Å². The standard InChI is InChI=1S/C16H20N4O2S2/c1-19-5-3-6-20(8-7-19)14(21)10-12-11-24-16(17-12)18-15(22)13-4-2-9-23-13/h2,4,9,11H,3,5-8,10H2,1H3,(H,17,18,22). The van der Waals surface area contributed by atoms with E-state index in [1.54, 1.807) is 6.07 Å². The summed E-state index contributed by atoms with van der Waals surface area (Å²) in [5.74, 6) is -0.0560. The highest BCUT2D eigenvalue weighted by Crippen LogP contribution is 2.19. The van der Waals surface area contributed by atoms with E-state index in [-0.39, 0.29) is 18.2 Å². The van der Waals surface area contributed by atoms with Gasteiger partial charge in [0, 0.05) is 25.0 Å². The van der Waals surface area contributed by atoms with Gasteiger partial charge in [-0.25, -0.2) is 4.98 Å². The summed E-state index contributed by atoms with van der Waals surface area (Å²) in [5.41, 5.74) is 0.712. The molecule has 8 heteroatoms. The van der Waals surface area contributed by atoms with Gasteiger partial charge in [0.25, 0.3) is 5.91 Å². The van der Waals surface area contributed by atoms with Crippen molar-refractivity contribution in [3.63, 3.8) is 0 Å². The third-order valence-electron chi connectivity index (χ3n) is 3.92. The van der Waals surface area contributed by atoms with Crippen LogP contribution in [0.1, 0.15) is 21.8 Å². The molecule has 0 saturated carbocycles. The fourth-order valence-corrected chi connectivity index (χ4v) is 3.90. The van der Waals surface area contributed by atoms with E-state index in [4.69, 9.17) is 0 Å². The van der Waals surface area contributed by atoms with Gasteiger partial charge in [-0.05, 0) is 31.5 Å². The zero-order valence-corrected chi connectivity index (χ0v) is 15.2. The Morgan fingerprint density at radius 3 is 2.92 bits per heavy atom. The molecule has 0 radical (unpaired) electrons. The largest absolute Gasteiger partial charge is 0.341 e. The number of hydrogen-bond acceptors (Lipinski definition) is 6. The number of nitrogens with one attached hydrogen (secondary N) is 1. The molecule has 1 N–H and O–H groups in total. The molecule has 3 rings (SSSR count). The van der Waals surface area contributed by atoms with Crippen LogP contribution in [0.5, 0.6) is 0 Å². The average Bonchev–Trinajstić information content (AvgIpc) is 3.18. The highest BCUT2D eigenvalue weighted by Gasteiger charge is 2.19. The lowest BCUT2D eigenvalue weighted by Crippen LogP contribution is -2.35. The number of amides is 2. The van der Waals surface area contributed by atoms with E-state index in [9.17, 15) is 9.59 Å². The van der Waals surface area contributed by atoms with Gasteiger partial charge in [0.1, 0.15) is 0 Å². The number of anilines is 1. The second kappa shape index (κ2) is 7.87. The van der Waals surface area contributed by atoms with Gasteiger partial charge in [-0.3, -0.25) is 14.9 Å². The first-order chi connectivity index (χ1) is 11.6.